The average Bonchev–Trinajstić information content (AvgIpc) is 2.54. The molecule has 0 unspecified atom stereocenters. The minimum absolute atomic E-state index is 0. The highest BCUT2D eigenvalue weighted by molar-refractivity contribution is 7.98. The maximum atomic E-state index is 5.80. The summed E-state index contributed by atoms with van der Waals surface area (Å²) >= 11 is 1.81. The summed E-state index contributed by atoms with van der Waals surface area (Å²) < 4.78 is 0. The van der Waals surface area contributed by atoms with Crippen molar-refractivity contribution in [2.75, 3.05) is 5.73 Å². The van der Waals surface area contributed by atoms with Crippen molar-refractivity contribution in [1.82, 2.24) is 6.15 Å². The lowest BCUT2D eigenvalue weighted by molar-refractivity contribution is 1.38. The van der Waals surface area contributed by atoms with Crippen molar-refractivity contribution < 1.29 is 0 Å². The minimum atomic E-state index is 0. The topological polar surface area (TPSA) is 61.0 Å². The first kappa shape index (κ1) is 16.1. The highest BCUT2D eigenvalue weighted by Crippen LogP contribution is 2.26. The van der Waals surface area contributed by atoms with E-state index in [-0.39, 0.29) is 6.15 Å². The van der Waals surface area contributed by atoms with E-state index < -0.39 is 0 Å². The van der Waals surface area contributed by atoms with Crippen molar-refractivity contribution in [1.29, 1.82) is 0 Å². The molecule has 0 bridgehead atoms. The molecule has 0 radical (unpaired) electrons. The van der Waals surface area contributed by atoms with E-state index in [0.717, 1.165) is 11.4 Å². The van der Waals surface area contributed by atoms with Gasteiger partial charge < -0.3 is 11.9 Å². The molecule has 0 aliphatic carbocycles. The third-order valence-electron chi connectivity index (χ3n) is 3.32. The third kappa shape index (κ3) is 4.13. The predicted molar refractivity (Wildman–Crippen MR) is 97.3 cm³/mol. The van der Waals surface area contributed by atoms with Crippen LogP contribution in [0.25, 0.3) is 11.1 Å². The number of benzene rings is 3. The van der Waals surface area contributed by atoms with E-state index in [1.807, 2.05) is 36.0 Å². The van der Waals surface area contributed by atoms with Crippen molar-refractivity contribution in [3.8, 4) is 11.1 Å². The van der Waals surface area contributed by atoms with Gasteiger partial charge in [-0.1, -0.05) is 60.7 Å². The monoisotopic (exact) mass is 308 g/mol. The Labute approximate surface area is 136 Å². The Morgan fingerprint density at radius 3 is 2.09 bits per heavy atom. The summed E-state index contributed by atoms with van der Waals surface area (Å²) in [5, 5.41) is 0. The van der Waals surface area contributed by atoms with Crippen molar-refractivity contribution >= 4 is 17.4 Å². The van der Waals surface area contributed by atoms with Gasteiger partial charge in [0.2, 0.25) is 0 Å². The average molecular weight is 308 g/mol. The van der Waals surface area contributed by atoms with Crippen LogP contribution in [-0.4, -0.2) is 0 Å². The standard InChI is InChI=1S/C19H17NS.H3N/c20-18-7-4-8-19(13-18)21-14-15-9-11-17(12-10-15)16-5-2-1-3-6-16;/h1-13H,14,20H2;1H3. The van der Waals surface area contributed by atoms with Crippen LogP contribution in [0, 0.1) is 0 Å². The van der Waals surface area contributed by atoms with Gasteiger partial charge in [0.1, 0.15) is 0 Å². The second kappa shape index (κ2) is 7.69. The van der Waals surface area contributed by atoms with Crippen molar-refractivity contribution in [2.24, 2.45) is 0 Å². The molecule has 0 saturated carbocycles. The number of rotatable bonds is 4. The van der Waals surface area contributed by atoms with Gasteiger partial charge >= 0.3 is 0 Å². The van der Waals surface area contributed by atoms with E-state index in [1.165, 1.54) is 21.6 Å². The van der Waals surface area contributed by atoms with E-state index in [9.17, 15) is 0 Å². The normalized spacial score (nSPS) is 10.0. The van der Waals surface area contributed by atoms with Gasteiger partial charge in [-0.2, -0.15) is 0 Å². The fourth-order valence-electron chi connectivity index (χ4n) is 2.20. The SMILES string of the molecule is N.Nc1cccc(SCc2ccc(-c3ccccc3)cc2)c1. The van der Waals surface area contributed by atoms with E-state index in [1.54, 1.807) is 0 Å². The number of hydrogen-bond donors (Lipinski definition) is 2. The maximum absolute atomic E-state index is 5.80. The largest absolute Gasteiger partial charge is 0.399 e. The summed E-state index contributed by atoms with van der Waals surface area (Å²) in [6.45, 7) is 0. The van der Waals surface area contributed by atoms with Gasteiger partial charge in [0.15, 0.2) is 0 Å². The summed E-state index contributed by atoms with van der Waals surface area (Å²) in [6, 6.07) is 27.2. The number of hydrogen-bond acceptors (Lipinski definition) is 3. The molecule has 22 heavy (non-hydrogen) atoms. The van der Waals surface area contributed by atoms with E-state index in [4.69, 9.17) is 5.73 Å². The highest BCUT2D eigenvalue weighted by Gasteiger charge is 1.99. The highest BCUT2D eigenvalue weighted by atomic mass is 32.2. The van der Waals surface area contributed by atoms with E-state index >= 15 is 0 Å². The van der Waals surface area contributed by atoms with Crippen LogP contribution in [0.2, 0.25) is 0 Å². The Kier molecular flexibility index (Phi) is 5.64. The number of nitrogens with two attached hydrogens (primary N) is 1. The van der Waals surface area contributed by atoms with Crippen LogP contribution in [-0.2, 0) is 5.75 Å². The van der Waals surface area contributed by atoms with Crippen LogP contribution in [0.5, 0.6) is 0 Å². The molecule has 0 atom stereocenters. The van der Waals surface area contributed by atoms with Crippen LogP contribution in [0.4, 0.5) is 5.69 Å². The molecule has 2 nitrogen and oxygen atoms in total. The molecule has 0 aliphatic heterocycles. The smallest absolute Gasteiger partial charge is 0.0325 e. The van der Waals surface area contributed by atoms with Gasteiger partial charge in [-0.25, -0.2) is 0 Å². The summed E-state index contributed by atoms with van der Waals surface area (Å²) in [5.74, 6) is 0.957. The van der Waals surface area contributed by atoms with Crippen LogP contribution in [0.1, 0.15) is 5.56 Å². The minimum Gasteiger partial charge on any atom is -0.399 e. The quantitative estimate of drug-likeness (QED) is 0.502. The summed E-state index contributed by atoms with van der Waals surface area (Å²) in [7, 11) is 0. The lowest BCUT2D eigenvalue weighted by Crippen LogP contribution is -1.85. The number of anilines is 1. The Hall–Kier alpha value is -2.23. The molecule has 0 aromatic heterocycles. The third-order valence-corrected chi connectivity index (χ3v) is 4.39. The zero-order valence-corrected chi connectivity index (χ0v) is 13.2. The fourth-order valence-corrected chi connectivity index (χ4v) is 3.12. The fraction of sp³-hybridized carbons (Fsp3) is 0.0526. The summed E-state index contributed by atoms with van der Waals surface area (Å²) in [4.78, 5) is 1.21. The molecule has 5 N–H and O–H groups in total. The Bertz CT molecular complexity index is 709. The molecule has 3 heteroatoms. The Morgan fingerprint density at radius 2 is 1.41 bits per heavy atom. The van der Waals surface area contributed by atoms with Gasteiger partial charge in [-0.05, 0) is 34.9 Å². The zero-order valence-electron chi connectivity index (χ0n) is 12.4. The Balaban J connectivity index is 0.00000176. The van der Waals surface area contributed by atoms with Crippen LogP contribution >= 0.6 is 11.8 Å². The number of nitrogen functional groups attached to an aromatic ring is 1. The lowest BCUT2D eigenvalue weighted by atomic mass is 10.0. The van der Waals surface area contributed by atoms with Gasteiger partial charge in [-0.3, -0.25) is 0 Å². The van der Waals surface area contributed by atoms with Gasteiger partial charge in [0.25, 0.3) is 0 Å². The zero-order chi connectivity index (χ0) is 14.5. The molecule has 0 amide bonds. The molecule has 0 fully saturated rings. The van der Waals surface area contributed by atoms with Gasteiger partial charge in [-0.15, -0.1) is 11.8 Å². The molecule has 3 aromatic carbocycles. The molecule has 3 aromatic rings. The van der Waals surface area contributed by atoms with Gasteiger partial charge in [0.05, 0.1) is 0 Å². The molecule has 0 heterocycles. The lowest BCUT2D eigenvalue weighted by Gasteiger charge is -2.05. The van der Waals surface area contributed by atoms with E-state index in [0.29, 0.717) is 0 Å². The molecular formula is C19H20N2S. The van der Waals surface area contributed by atoms with Crippen LogP contribution < -0.4 is 11.9 Å². The van der Waals surface area contributed by atoms with E-state index in [2.05, 4.69) is 54.6 Å². The van der Waals surface area contributed by atoms with Gasteiger partial charge in [0, 0.05) is 16.3 Å². The first-order chi connectivity index (χ1) is 10.3. The predicted octanol–water partition coefficient (Wildman–Crippen LogP) is 5.39. The number of thioether (sulfide) groups is 1. The second-order valence-electron chi connectivity index (χ2n) is 4.92. The maximum Gasteiger partial charge on any atom is 0.0325 e. The first-order valence-electron chi connectivity index (χ1n) is 6.94. The molecular weight excluding hydrogens is 288 g/mol. The molecule has 0 saturated heterocycles. The Morgan fingerprint density at radius 1 is 0.727 bits per heavy atom. The summed E-state index contributed by atoms with van der Waals surface area (Å²) in [5.41, 5.74) is 10.5. The van der Waals surface area contributed by atoms with Crippen LogP contribution in [0.3, 0.4) is 0 Å². The second-order valence-corrected chi connectivity index (χ2v) is 5.97. The molecule has 0 aliphatic rings. The molecule has 0 spiro atoms. The molecule has 112 valence electrons. The first-order valence-corrected chi connectivity index (χ1v) is 7.92. The van der Waals surface area contributed by atoms with Crippen molar-refractivity contribution in [3.63, 3.8) is 0 Å². The van der Waals surface area contributed by atoms with Crippen molar-refractivity contribution in [3.05, 3.63) is 84.4 Å². The van der Waals surface area contributed by atoms with Crippen molar-refractivity contribution in [2.45, 2.75) is 10.6 Å². The van der Waals surface area contributed by atoms with Crippen LogP contribution in [0.15, 0.2) is 83.8 Å². The summed E-state index contributed by atoms with van der Waals surface area (Å²) in [6.07, 6.45) is 0. The molecule has 3 rings (SSSR count).